The Morgan fingerprint density at radius 1 is 1.03 bits per heavy atom. The van der Waals surface area contributed by atoms with Crippen molar-refractivity contribution in [1.29, 1.82) is 0 Å². The van der Waals surface area contributed by atoms with E-state index < -0.39 is 5.60 Å². The Kier molecular flexibility index (Phi) is 9.62. The van der Waals surface area contributed by atoms with Gasteiger partial charge in [-0.05, 0) is 83.7 Å². The third kappa shape index (κ3) is 8.77. The number of ether oxygens (including phenoxy) is 2. The molecule has 1 aliphatic heterocycles. The predicted molar refractivity (Wildman–Crippen MR) is 144 cm³/mol. The number of hydrogen-bond donors (Lipinski definition) is 1. The Labute approximate surface area is 215 Å². The summed E-state index contributed by atoms with van der Waals surface area (Å²) in [6.07, 6.45) is 3.00. The van der Waals surface area contributed by atoms with Crippen molar-refractivity contribution >= 4 is 17.7 Å². The molecule has 0 aliphatic carbocycles. The van der Waals surface area contributed by atoms with Gasteiger partial charge in [-0.25, -0.2) is 4.79 Å². The van der Waals surface area contributed by atoms with Crippen LogP contribution in [0.2, 0.25) is 0 Å². The average molecular weight is 496 g/mol. The number of benzene rings is 2. The van der Waals surface area contributed by atoms with Gasteiger partial charge in [0.05, 0.1) is 6.10 Å². The van der Waals surface area contributed by atoms with E-state index >= 15 is 0 Å². The molecule has 3 rings (SSSR count). The highest BCUT2D eigenvalue weighted by Gasteiger charge is 2.23. The molecule has 0 atom stereocenters. The molecule has 1 N–H and O–H groups in total. The van der Waals surface area contributed by atoms with E-state index in [0.717, 1.165) is 42.9 Å². The highest BCUT2D eigenvalue weighted by atomic mass is 16.6. The first-order valence-corrected chi connectivity index (χ1v) is 13.0. The van der Waals surface area contributed by atoms with Crippen molar-refractivity contribution in [2.45, 2.75) is 72.1 Å². The van der Waals surface area contributed by atoms with Gasteiger partial charge in [0, 0.05) is 50.0 Å². The van der Waals surface area contributed by atoms with Gasteiger partial charge in [-0.2, -0.15) is 0 Å². The van der Waals surface area contributed by atoms with Crippen molar-refractivity contribution < 1.29 is 19.1 Å². The lowest BCUT2D eigenvalue weighted by molar-refractivity contribution is 0.0241. The lowest BCUT2D eigenvalue weighted by atomic mass is 10.1. The molecule has 1 saturated heterocycles. The van der Waals surface area contributed by atoms with Gasteiger partial charge in [-0.1, -0.05) is 18.2 Å². The molecule has 1 fully saturated rings. The number of carbonyl (C=O) groups is 2. The summed E-state index contributed by atoms with van der Waals surface area (Å²) in [4.78, 5) is 29.6. The molecule has 0 spiro atoms. The summed E-state index contributed by atoms with van der Waals surface area (Å²) in [7, 11) is 0. The van der Waals surface area contributed by atoms with Gasteiger partial charge >= 0.3 is 6.09 Å². The summed E-state index contributed by atoms with van der Waals surface area (Å²) in [5, 5.41) is 3.37. The van der Waals surface area contributed by atoms with Gasteiger partial charge in [0.25, 0.3) is 5.91 Å². The van der Waals surface area contributed by atoms with Crippen LogP contribution in [-0.4, -0.2) is 59.7 Å². The van der Waals surface area contributed by atoms with E-state index in [1.807, 2.05) is 88.0 Å². The molecule has 0 saturated carbocycles. The Hall–Kier alpha value is -3.22. The first-order valence-electron chi connectivity index (χ1n) is 13.0. The molecule has 0 radical (unpaired) electrons. The monoisotopic (exact) mass is 495 g/mol. The standard InChI is InChI=1S/C29H41N3O4/c1-22(2)35-26-14-10-13-25(20-26)30-15-18-32(28(34)36-29(3,4)5)21-23-11-9-12-24(19-23)27(33)31-16-7-6-8-17-31/h9-14,19-20,22,30H,6-8,15-18,21H2,1-5H3. The predicted octanol–water partition coefficient (Wildman–Crippen LogP) is 5.95. The molecule has 1 aliphatic rings. The highest BCUT2D eigenvalue weighted by Crippen LogP contribution is 2.20. The molecule has 7 heteroatoms. The second kappa shape index (κ2) is 12.7. The fourth-order valence-corrected chi connectivity index (χ4v) is 4.15. The zero-order chi connectivity index (χ0) is 26.1. The van der Waals surface area contributed by atoms with Crippen LogP contribution in [0.1, 0.15) is 69.8 Å². The molecule has 2 amide bonds. The summed E-state index contributed by atoms with van der Waals surface area (Å²) in [5.41, 5.74) is 1.89. The van der Waals surface area contributed by atoms with Crippen LogP contribution < -0.4 is 10.1 Å². The van der Waals surface area contributed by atoms with Crippen molar-refractivity contribution in [3.63, 3.8) is 0 Å². The van der Waals surface area contributed by atoms with Crippen LogP contribution in [0.3, 0.4) is 0 Å². The Balaban J connectivity index is 1.68. The quantitative estimate of drug-likeness (QED) is 0.466. The van der Waals surface area contributed by atoms with E-state index in [4.69, 9.17) is 9.47 Å². The van der Waals surface area contributed by atoms with Gasteiger partial charge in [-0.15, -0.1) is 0 Å². The van der Waals surface area contributed by atoms with Gasteiger partial charge in [0.15, 0.2) is 0 Å². The van der Waals surface area contributed by atoms with Crippen LogP contribution in [0.25, 0.3) is 0 Å². The Morgan fingerprint density at radius 2 is 1.75 bits per heavy atom. The van der Waals surface area contributed by atoms with E-state index in [-0.39, 0.29) is 18.1 Å². The van der Waals surface area contributed by atoms with Crippen LogP contribution in [0.15, 0.2) is 48.5 Å². The number of likely N-dealkylation sites (tertiary alicyclic amines) is 1. The molecular formula is C29H41N3O4. The SMILES string of the molecule is CC(C)Oc1cccc(NCCN(Cc2cccc(C(=O)N3CCCCC3)c2)C(=O)OC(C)(C)C)c1. The maximum Gasteiger partial charge on any atom is 0.410 e. The topological polar surface area (TPSA) is 71.1 Å². The summed E-state index contributed by atoms with van der Waals surface area (Å²) >= 11 is 0. The molecule has 0 bridgehead atoms. The van der Waals surface area contributed by atoms with Crippen LogP contribution in [0, 0.1) is 0 Å². The lowest BCUT2D eigenvalue weighted by Crippen LogP contribution is -2.39. The summed E-state index contributed by atoms with van der Waals surface area (Å²) in [5.74, 6) is 0.861. The average Bonchev–Trinajstić information content (AvgIpc) is 2.82. The van der Waals surface area contributed by atoms with E-state index in [0.29, 0.717) is 25.2 Å². The number of nitrogens with zero attached hydrogens (tertiary/aromatic N) is 2. The van der Waals surface area contributed by atoms with Crippen molar-refractivity contribution in [3.8, 4) is 5.75 Å². The van der Waals surface area contributed by atoms with Crippen molar-refractivity contribution in [3.05, 3.63) is 59.7 Å². The van der Waals surface area contributed by atoms with E-state index in [2.05, 4.69) is 5.32 Å². The maximum atomic E-state index is 13.0. The summed E-state index contributed by atoms with van der Waals surface area (Å²) < 4.78 is 11.4. The molecule has 7 nitrogen and oxygen atoms in total. The zero-order valence-corrected chi connectivity index (χ0v) is 22.4. The minimum absolute atomic E-state index is 0.0607. The third-order valence-corrected chi connectivity index (χ3v) is 5.76. The van der Waals surface area contributed by atoms with Crippen LogP contribution in [0.5, 0.6) is 5.75 Å². The number of carbonyl (C=O) groups excluding carboxylic acids is 2. The molecule has 0 aromatic heterocycles. The van der Waals surface area contributed by atoms with E-state index in [1.165, 1.54) is 6.42 Å². The fraction of sp³-hybridized carbons (Fsp3) is 0.517. The first-order chi connectivity index (χ1) is 17.1. The number of nitrogens with one attached hydrogen (secondary N) is 1. The largest absolute Gasteiger partial charge is 0.491 e. The Morgan fingerprint density at radius 3 is 2.44 bits per heavy atom. The molecule has 1 heterocycles. The second-order valence-corrected chi connectivity index (χ2v) is 10.6. The number of amides is 2. The van der Waals surface area contributed by atoms with Crippen molar-refractivity contribution in [1.82, 2.24) is 9.80 Å². The fourth-order valence-electron chi connectivity index (χ4n) is 4.15. The summed E-state index contributed by atoms with van der Waals surface area (Å²) in [6.45, 7) is 12.5. The molecule has 0 unspecified atom stereocenters. The van der Waals surface area contributed by atoms with Crippen LogP contribution in [0.4, 0.5) is 10.5 Å². The number of piperidine rings is 1. The molecule has 36 heavy (non-hydrogen) atoms. The van der Waals surface area contributed by atoms with Gasteiger partial charge in [0.1, 0.15) is 11.4 Å². The molecule has 2 aromatic rings. The zero-order valence-electron chi connectivity index (χ0n) is 22.4. The van der Waals surface area contributed by atoms with Gasteiger partial charge in [-0.3, -0.25) is 4.79 Å². The molecular weight excluding hydrogens is 454 g/mol. The minimum atomic E-state index is -0.600. The van der Waals surface area contributed by atoms with Crippen molar-refractivity contribution in [2.24, 2.45) is 0 Å². The smallest absolute Gasteiger partial charge is 0.410 e. The highest BCUT2D eigenvalue weighted by molar-refractivity contribution is 5.94. The van der Waals surface area contributed by atoms with E-state index in [9.17, 15) is 9.59 Å². The van der Waals surface area contributed by atoms with Gasteiger partial charge in [0.2, 0.25) is 0 Å². The molecule has 2 aromatic carbocycles. The van der Waals surface area contributed by atoms with Crippen molar-refractivity contribution in [2.75, 3.05) is 31.5 Å². The summed E-state index contributed by atoms with van der Waals surface area (Å²) in [6, 6.07) is 15.4. The Bertz CT molecular complexity index is 1010. The normalized spacial score (nSPS) is 13.9. The number of anilines is 1. The third-order valence-electron chi connectivity index (χ3n) is 5.76. The first kappa shape index (κ1) is 27.4. The van der Waals surface area contributed by atoms with Crippen LogP contribution in [-0.2, 0) is 11.3 Å². The molecule has 196 valence electrons. The van der Waals surface area contributed by atoms with Crippen LogP contribution >= 0.6 is 0 Å². The number of rotatable bonds is 9. The minimum Gasteiger partial charge on any atom is -0.491 e. The lowest BCUT2D eigenvalue weighted by Gasteiger charge is -2.28. The van der Waals surface area contributed by atoms with Gasteiger partial charge < -0.3 is 24.6 Å². The maximum absolute atomic E-state index is 13.0. The number of hydrogen-bond acceptors (Lipinski definition) is 5. The second-order valence-electron chi connectivity index (χ2n) is 10.6. The van der Waals surface area contributed by atoms with E-state index in [1.54, 1.807) is 4.90 Å².